The van der Waals surface area contributed by atoms with E-state index in [4.69, 9.17) is 4.74 Å². The summed E-state index contributed by atoms with van der Waals surface area (Å²) in [6.07, 6.45) is 9.73. The lowest BCUT2D eigenvalue weighted by Crippen LogP contribution is -2.17. The number of nitrogens with zero attached hydrogens (tertiary/aromatic N) is 2. The van der Waals surface area contributed by atoms with Crippen LogP contribution in [0.1, 0.15) is 77.0 Å². The van der Waals surface area contributed by atoms with Crippen molar-refractivity contribution in [3.63, 3.8) is 0 Å². The first-order valence-corrected chi connectivity index (χ1v) is 9.01. The monoisotopic (exact) mass is 338 g/mol. The topological polar surface area (TPSA) is 61.3 Å². The van der Waals surface area contributed by atoms with Gasteiger partial charge in [0.05, 0.1) is 12.8 Å². The highest BCUT2D eigenvalue weighted by Crippen LogP contribution is 2.36. The van der Waals surface area contributed by atoms with E-state index in [1.54, 1.807) is 6.92 Å². The zero-order chi connectivity index (χ0) is 17.4. The molecule has 5 nitrogen and oxygen atoms in total. The predicted molar refractivity (Wildman–Crippen MR) is 88.5 cm³/mol. The Morgan fingerprint density at radius 3 is 2.62 bits per heavy atom. The van der Waals surface area contributed by atoms with Crippen LogP contribution in [-0.2, 0) is 4.74 Å². The highest BCUT2D eigenvalue weighted by atomic mass is 19.1. The summed E-state index contributed by atoms with van der Waals surface area (Å²) in [6.45, 7) is 4.04. The van der Waals surface area contributed by atoms with Gasteiger partial charge in [-0.15, -0.1) is 0 Å². The van der Waals surface area contributed by atoms with Gasteiger partial charge >= 0.3 is 6.16 Å². The third kappa shape index (κ3) is 5.42. The molecule has 1 aliphatic rings. The Morgan fingerprint density at radius 1 is 1.25 bits per heavy atom. The highest BCUT2D eigenvalue weighted by molar-refractivity contribution is 5.63. The van der Waals surface area contributed by atoms with E-state index in [1.807, 2.05) is 0 Å². The molecule has 24 heavy (non-hydrogen) atoms. The quantitative estimate of drug-likeness (QED) is 0.397. The van der Waals surface area contributed by atoms with Gasteiger partial charge in [-0.1, -0.05) is 32.6 Å². The second-order valence-electron chi connectivity index (χ2n) is 6.38. The lowest BCUT2D eigenvalue weighted by Gasteiger charge is -2.27. The van der Waals surface area contributed by atoms with Crippen molar-refractivity contribution in [3.05, 3.63) is 18.0 Å². The largest absolute Gasteiger partial charge is 0.514 e. The molecule has 0 amide bonds. The van der Waals surface area contributed by atoms with Crippen LogP contribution in [0.15, 0.2) is 6.20 Å². The Hall–Kier alpha value is -1.72. The van der Waals surface area contributed by atoms with E-state index in [-0.39, 0.29) is 18.3 Å². The smallest absolute Gasteiger partial charge is 0.434 e. The highest BCUT2D eigenvalue weighted by Gasteiger charge is 2.25. The van der Waals surface area contributed by atoms with Crippen molar-refractivity contribution >= 4 is 6.16 Å². The fraction of sp³-hybridized carbons (Fsp3) is 0.722. The molecule has 0 spiro atoms. The van der Waals surface area contributed by atoms with Crippen LogP contribution >= 0.6 is 0 Å². The van der Waals surface area contributed by atoms with E-state index in [2.05, 4.69) is 21.6 Å². The molecule has 0 aromatic carbocycles. The van der Waals surface area contributed by atoms with Gasteiger partial charge in [-0.2, -0.15) is 4.39 Å². The standard InChI is InChI=1S/C18H27FN2O3/c1-3-5-6-7-13-8-10-14(11-9-13)17-20-12-15(16(19)21-17)24-18(22)23-4-2/h12-14H,3-11H2,1-2H3. The summed E-state index contributed by atoms with van der Waals surface area (Å²) in [7, 11) is 0. The Bertz CT molecular complexity index is 531. The van der Waals surface area contributed by atoms with Gasteiger partial charge in [0.1, 0.15) is 5.82 Å². The predicted octanol–water partition coefficient (Wildman–Crippen LogP) is 5.01. The van der Waals surface area contributed by atoms with Gasteiger partial charge in [0.2, 0.25) is 5.75 Å². The average Bonchev–Trinajstić information content (AvgIpc) is 2.58. The van der Waals surface area contributed by atoms with Crippen LogP contribution in [0.3, 0.4) is 0 Å². The molecule has 0 bridgehead atoms. The summed E-state index contributed by atoms with van der Waals surface area (Å²) in [5, 5.41) is 0. The zero-order valence-corrected chi connectivity index (χ0v) is 14.6. The average molecular weight is 338 g/mol. The molecule has 1 aromatic rings. The van der Waals surface area contributed by atoms with E-state index in [9.17, 15) is 9.18 Å². The van der Waals surface area contributed by atoms with E-state index in [0.717, 1.165) is 31.6 Å². The van der Waals surface area contributed by atoms with Crippen LogP contribution in [0.5, 0.6) is 5.75 Å². The molecule has 1 saturated carbocycles. The molecule has 0 radical (unpaired) electrons. The lowest BCUT2D eigenvalue weighted by molar-refractivity contribution is 0.102. The van der Waals surface area contributed by atoms with Crippen LogP contribution in [-0.4, -0.2) is 22.7 Å². The van der Waals surface area contributed by atoms with Gasteiger partial charge in [-0.3, -0.25) is 0 Å². The van der Waals surface area contributed by atoms with Gasteiger partial charge in [0.15, 0.2) is 0 Å². The van der Waals surface area contributed by atoms with Gasteiger partial charge < -0.3 is 9.47 Å². The van der Waals surface area contributed by atoms with E-state index in [1.165, 1.54) is 31.9 Å². The molecule has 0 N–H and O–H groups in total. The molecular formula is C18H27FN2O3. The SMILES string of the molecule is CCCCCC1CCC(c2ncc(OC(=O)OCC)c(F)n2)CC1. The summed E-state index contributed by atoms with van der Waals surface area (Å²) >= 11 is 0. The van der Waals surface area contributed by atoms with Crippen LogP contribution in [0, 0.1) is 11.9 Å². The first kappa shape index (κ1) is 18.6. The van der Waals surface area contributed by atoms with E-state index in [0.29, 0.717) is 5.82 Å². The van der Waals surface area contributed by atoms with E-state index >= 15 is 0 Å². The molecule has 0 saturated heterocycles. The molecule has 0 atom stereocenters. The molecule has 0 unspecified atom stereocenters. The van der Waals surface area contributed by atoms with Crippen LogP contribution in [0.2, 0.25) is 0 Å². The third-order valence-corrected chi connectivity index (χ3v) is 4.61. The summed E-state index contributed by atoms with van der Waals surface area (Å²) in [4.78, 5) is 19.3. The Morgan fingerprint density at radius 2 is 2.00 bits per heavy atom. The number of hydrogen-bond acceptors (Lipinski definition) is 5. The molecule has 1 heterocycles. The fourth-order valence-electron chi connectivity index (χ4n) is 3.26. The number of halogens is 1. The summed E-state index contributed by atoms with van der Waals surface area (Å²) in [6, 6.07) is 0. The fourth-order valence-corrected chi connectivity index (χ4v) is 3.26. The minimum absolute atomic E-state index is 0.168. The number of carbonyl (C=O) groups excluding carboxylic acids is 1. The van der Waals surface area contributed by atoms with Gasteiger partial charge in [0.25, 0.3) is 5.95 Å². The van der Waals surface area contributed by atoms with Crippen LogP contribution < -0.4 is 4.74 Å². The number of ether oxygens (including phenoxy) is 2. The molecule has 134 valence electrons. The first-order valence-electron chi connectivity index (χ1n) is 9.01. The number of aromatic nitrogens is 2. The zero-order valence-electron chi connectivity index (χ0n) is 14.6. The minimum atomic E-state index is -0.944. The van der Waals surface area contributed by atoms with Crippen molar-refractivity contribution < 1.29 is 18.7 Å². The van der Waals surface area contributed by atoms with Crippen molar-refractivity contribution in [1.82, 2.24) is 9.97 Å². The third-order valence-electron chi connectivity index (χ3n) is 4.61. The van der Waals surface area contributed by atoms with Gasteiger partial charge in [-0.25, -0.2) is 14.8 Å². The summed E-state index contributed by atoms with van der Waals surface area (Å²) < 4.78 is 23.4. The normalized spacial score (nSPS) is 20.6. The number of hydrogen-bond donors (Lipinski definition) is 0. The molecular weight excluding hydrogens is 311 g/mol. The maximum absolute atomic E-state index is 14.0. The lowest BCUT2D eigenvalue weighted by atomic mass is 9.79. The van der Waals surface area contributed by atoms with Crippen molar-refractivity contribution in [2.24, 2.45) is 5.92 Å². The van der Waals surface area contributed by atoms with Crippen molar-refractivity contribution in [2.45, 2.75) is 71.1 Å². The van der Waals surface area contributed by atoms with Crippen molar-refractivity contribution in [1.29, 1.82) is 0 Å². The van der Waals surface area contributed by atoms with Crippen LogP contribution in [0.25, 0.3) is 0 Å². The molecule has 6 heteroatoms. The Balaban J connectivity index is 1.87. The molecule has 2 rings (SSSR count). The molecule has 1 fully saturated rings. The molecule has 0 aliphatic heterocycles. The second-order valence-corrected chi connectivity index (χ2v) is 6.38. The van der Waals surface area contributed by atoms with E-state index < -0.39 is 12.1 Å². The number of rotatable bonds is 7. The van der Waals surface area contributed by atoms with Crippen LogP contribution in [0.4, 0.5) is 9.18 Å². The maximum atomic E-state index is 14.0. The maximum Gasteiger partial charge on any atom is 0.514 e. The summed E-state index contributed by atoms with van der Waals surface area (Å²) in [5.41, 5.74) is 0. The number of unbranched alkanes of at least 4 members (excludes halogenated alkanes) is 2. The Labute approximate surface area is 143 Å². The van der Waals surface area contributed by atoms with Crippen molar-refractivity contribution in [2.75, 3.05) is 6.61 Å². The van der Waals surface area contributed by atoms with Gasteiger partial charge in [-0.05, 0) is 38.5 Å². The summed E-state index contributed by atoms with van der Waals surface area (Å²) in [5.74, 6) is 0.391. The molecule has 1 aliphatic carbocycles. The van der Waals surface area contributed by atoms with Crippen molar-refractivity contribution in [3.8, 4) is 5.75 Å². The first-order chi connectivity index (χ1) is 11.6. The minimum Gasteiger partial charge on any atom is -0.434 e. The van der Waals surface area contributed by atoms with Gasteiger partial charge in [0, 0.05) is 5.92 Å². The second kappa shape index (κ2) is 9.55. The Kier molecular flexibility index (Phi) is 7.40. The number of carbonyl (C=O) groups is 1. The molecule has 1 aromatic heterocycles.